The summed E-state index contributed by atoms with van der Waals surface area (Å²) in [6.07, 6.45) is -0.181. The van der Waals surface area contributed by atoms with E-state index in [1.807, 2.05) is 6.92 Å². The average Bonchev–Trinajstić information content (AvgIpc) is 2.56. The van der Waals surface area contributed by atoms with Crippen LogP contribution in [0.15, 0.2) is 42.5 Å². The fourth-order valence-electron chi connectivity index (χ4n) is 1.98. The molecule has 0 unspecified atom stereocenters. The maximum Gasteiger partial charge on any atom is 0.265 e. The Bertz CT molecular complexity index is 671. The summed E-state index contributed by atoms with van der Waals surface area (Å²) in [4.78, 5) is 12.4. The molecule has 0 saturated heterocycles. The lowest BCUT2D eigenvalue weighted by atomic mass is 10.2. The molecule has 0 saturated carbocycles. The number of benzene rings is 2. The predicted molar refractivity (Wildman–Crippen MR) is 92.8 cm³/mol. The maximum absolute atomic E-state index is 12.4. The summed E-state index contributed by atoms with van der Waals surface area (Å²) in [5.41, 5.74) is 0.383. The average molecular weight is 354 g/mol. The lowest BCUT2D eigenvalue weighted by Crippen LogP contribution is -2.32. The van der Waals surface area contributed by atoms with E-state index in [-0.39, 0.29) is 5.91 Å². The number of anilines is 1. The molecule has 1 atom stereocenters. The van der Waals surface area contributed by atoms with Gasteiger partial charge in [0.1, 0.15) is 11.5 Å². The smallest absolute Gasteiger partial charge is 0.265 e. The molecule has 1 amide bonds. The third-order valence-electron chi connectivity index (χ3n) is 3.19. The van der Waals surface area contributed by atoms with E-state index in [2.05, 4.69) is 5.32 Å². The Balaban J connectivity index is 2.12. The minimum absolute atomic E-state index is 0.315. The van der Waals surface area contributed by atoms with E-state index in [9.17, 15) is 4.79 Å². The van der Waals surface area contributed by atoms with Crippen molar-refractivity contribution < 1.29 is 14.3 Å². The van der Waals surface area contributed by atoms with Crippen LogP contribution in [-0.4, -0.2) is 19.1 Å². The van der Waals surface area contributed by atoms with Crippen molar-refractivity contribution in [1.82, 2.24) is 0 Å². The van der Waals surface area contributed by atoms with Crippen molar-refractivity contribution >= 4 is 34.8 Å². The van der Waals surface area contributed by atoms with Gasteiger partial charge >= 0.3 is 0 Å². The molecule has 4 nitrogen and oxygen atoms in total. The highest BCUT2D eigenvalue weighted by Crippen LogP contribution is 2.30. The Kier molecular flexibility index (Phi) is 6.13. The Morgan fingerprint density at radius 3 is 2.35 bits per heavy atom. The van der Waals surface area contributed by atoms with Gasteiger partial charge in [0.2, 0.25) is 0 Å². The highest BCUT2D eigenvalue weighted by molar-refractivity contribution is 6.39. The van der Waals surface area contributed by atoms with E-state index in [0.29, 0.717) is 33.7 Å². The van der Waals surface area contributed by atoms with Gasteiger partial charge in [-0.05, 0) is 30.7 Å². The van der Waals surface area contributed by atoms with Crippen LogP contribution >= 0.6 is 23.2 Å². The van der Waals surface area contributed by atoms with Crippen LogP contribution in [-0.2, 0) is 4.79 Å². The molecule has 0 aliphatic carbocycles. The molecule has 0 fully saturated rings. The highest BCUT2D eigenvalue weighted by Gasteiger charge is 2.20. The number of rotatable bonds is 6. The van der Waals surface area contributed by atoms with Crippen LogP contribution in [0.25, 0.3) is 0 Å². The van der Waals surface area contributed by atoms with Crippen molar-refractivity contribution in [2.45, 2.75) is 19.4 Å². The summed E-state index contributed by atoms with van der Waals surface area (Å²) >= 11 is 12.1. The summed E-state index contributed by atoms with van der Waals surface area (Å²) in [5.74, 6) is 0.897. The van der Waals surface area contributed by atoms with Gasteiger partial charge in [0.05, 0.1) is 22.8 Å². The number of hydrogen-bond acceptors (Lipinski definition) is 3. The number of nitrogens with one attached hydrogen (secondary N) is 1. The van der Waals surface area contributed by atoms with Crippen LogP contribution in [0.4, 0.5) is 5.69 Å². The largest absolute Gasteiger partial charge is 0.497 e. The van der Waals surface area contributed by atoms with Crippen LogP contribution in [0, 0.1) is 0 Å². The van der Waals surface area contributed by atoms with Crippen molar-refractivity contribution in [1.29, 1.82) is 0 Å². The fourth-order valence-corrected chi connectivity index (χ4v) is 2.47. The van der Waals surface area contributed by atoms with Gasteiger partial charge in [0.15, 0.2) is 6.10 Å². The molecular weight excluding hydrogens is 337 g/mol. The van der Waals surface area contributed by atoms with E-state index in [1.54, 1.807) is 49.6 Å². The number of hydrogen-bond donors (Lipinski definition) is 1. The van der Waals surface area contributed by atoms with Crippen molar-refractivity contribution in [3.8, 4) is 11.5 Å². The topological polar surface area (TPSA) is 47.6 Å². The van der Waals surface area contributed by atoms with Gasteiger partial charge in [-0.25, -0.2) is 0 Å². The SMILES string of the molecule is CC[C@H](Oc1cccc(OC)c1)C(=O)Nc1c(Cl)cccc1Cl. The van der Waals surface area contributed by atoms with Crippen molar-refractivity contribution in [2.24, 2.45) is 0 Å². The minimum atomic E-state index is -0.672. The number of halogens is 2. The standard InChI is InChI=1S/C17H17Cl2NO3/c1-3-15(23-12-7-4-6-11(10-12)22-2)17(21)20-16-13(18)8-5-9-14(16)19/h4-10,15H,3H2,1-2H3,(H,20,21)/t15-/m0/s1. The zero-order chi connectivity index (χ0) is 16.8. The van der Waals surface area contributed by atoms with Crippen LogP contribution in [0.3, 0.4) is 0 Å². The van der Waals surface area contributed by atoms with Crippen molar-refractivity contribution in [3.05, 3.63) is 52.5 Å². The van der Waals surface area contributed by atoms with Gasteiger partial charge in [-0.1, -0.05) is 42.3 Å². The Hall–Kier alpha value is -1.91. The Morgan fingerprint density at radius 1 is 1.13 bits per heavy atom. The molecule has 1 N–H and O–H groups in total. The number of methoxy groups -OCH3 is 1. The summed E-state index contributed by atoms with van der Waals surface area (Å²) < 4.78 is 10.9. The monoisotopic (exact) mass is 353 g/mol. The van der Waals surface area contributed by atoms with Gasteiger partial charge in [0, 0.05) is 6.07 Å². The number of amides is 1. The van der Waals surface area contributed by atoms with Gasteiger partial charge in [-0.15, -0.1) is 0 Å². The molecule has 122 valence electrons. The maximum atomic E-state index is 12.4. The number of carbonyl (C=O) groups excluding carboxylic acids is 1. The van der Waals surface area contributed by atoms with Crippen LogP contribution in [0.1, 0.15) is 13.3 Å². The molecule has 0 heterocycles. The van der Waals surface area contributed by atoms with E-state index in [1.165, 1.54) is 0 Å². The Labute approximate surface area is 145 Å². The molecule has 0 radical (unpaired) electrons. The Morgan fingerprint density at radius 2 is 1.74 bits per heavy atom. The van der Waals surface area contributed by atoms with Crippen LogP contribution < -0.4 is 14.8 Å². The second-order valence-corrected chi connectivity index (χ2v) is 5.59. The summed E-state index contributed by atoms with van der Waals surface area (Å²) in [7, 11) is 1.57. The second kappa shape index (κ2) is 8.09. The third kappa shape index (κ3) is 4.53. The molecule has 0 aromatic heterocycles. The predicted octanol–water partition coefficient (Wildman–Crippen LogP) is 4.80. The third-order valence-corrected chi connectivity index (χ3v) is 3.82. The number of carbonyl (C=O) groups is 1. The molecule has 2 aromatic rings. The highest BCUT2D eigenvalue weighted by atomic mass is 35.5. The zero-order valence-electron chi connectivity index (χ0n) is 12.8. The first-order valence-electron chi connectivity index (χ1n) is 7.10. The molecule has 0 bridgehead atoms. The lowest BCUT2D eigenvalue weighted by molar-refractivity contribution is -0.122. The summed E-state index contributed by atoms with van der Waals surface area (Å²) in [5, 5.41) is 3.47. The first-order valence-corrected chi connectivity index (χ1v) is 7.86. The summed E-state index contributed by atoms with van der Waals surface area (Å²) in [6, 6.07) is 12.1. The molecule has 2 aromatic carbocycles. The van der Waals surface area contributed by atoms with Gasteiger partial charge in [-0.3, -0.25) is 4.79 Å². The van der Waals surface area contributed by atoms with Crippen LogP contribution in [0.2, 0.25) is 10.0 Å². The van der Waals surface area contributed by atoms with E-state index >= 15 is 0 Å². The molecule has 0 aliphatic heterocycles. The minimum Gasteiger partial charge on any atom is -0.497 e. The van der Waals surface area contributed by atoms with E-state index < -0.39 is 6.10 Å². The van der Waals surface area contributed by atoms with Crippen LogP contribution in [0.5, 0.6) is 11.5 Å². The first kappa shape index (κ1) is 17.4. The first-order chi connectivity index (χ1) is 11.0. The van der Waals surface area contributed by atoms with E-state index in [0.717, 1.165) is 0 Å². The quantitative estimate of drug-likeness (QED) is 0.811. The fraction of sp³-hybridized carbons (Fsp3) is 0.235. The van der Waals surface area contributed by atoms with Gasteiger partial charge in [-0.2, -0.15) is 0 Å². The molecule has 23 heavy (non-hydrogen) atoms. The zero-order valence-corrected chi connectivity index (χ0v) is 14.3. The number of ether oxygens (including phenoxy) is 2. The van der Waals surface area contributed by atoms with E-state index in [4.69, 9.17) is 32.7 Å². The lowest BCUT2D eigenvalue weighted by Gasteiger charge is -2.18. The summed E-state index contributed by atoms with van der Waals surface area (Å²) in [6.45, 7) is 1.86. The number of para-hydroxylation sites is 1. The van der Waals surface area contributed by atoms with Gasteiger partial charge < -0.3 is 14.8 Å². The van der Waals surface area contributed by atoms with Crippen molar-refractivity contribution in [2.75, 3.05) is 12.4 Å². The molecule has 2 rings (SSSR count). The van der Waals surface area contributed by atoms with Gasteiger partial charge in [0.25, 0.3) is 5.91 Å². The van der Waals surface area contributed by atoms with Crippen molar-refractivity contribution in [3.63, 3.8) is 0 Å². The normalized spacial score (nSPS) is 11.7. The second-order valence-electron chi connectivity index (χ2n) is 4.78. The molecular formula is C17H17Cl2NO3. The molecule has 0 spiro atoms. The molecule has 6 heteroatoms. The molecule has 0 aliphatic rings.